The van der Waals surface area contributed by atoms with Crippen LogP contribution in [0.2, 0.25) is 0 Å². The summed E-state index contributed by atoms with van der Waals surface area (Å²) in [5.41, 5.74) is -0.0339. The Morgan fingerprint density at radius 1 is 1.11 bits per heavy atom. The average molecular weight is 377 g/mol. The molecule has 1 fully saturated rings. The number of nitrogens with zero attached hydrogens (tertiary/aromatic N) is 1. The van der Waals surface area contributed by atoms with Gasteiger partial charge in [0.25, 0.3) is 5.91 Å². The lowest BCUT2D eigenvalue weighted by molar-refractivity contribution is -0.139. The smallest absolute Gasteiger partial charge is 0.256 e. The fourth-order valence-electron chi connectivity index (χ4n) is 3.38. The van der Waals surface area contributed by atoms with Gasteiger partial charge in [-0.2, -0.15) is 0 Å². The molecule has 1 N–H and O–H groups in total. The molecule has 1 aromatic carbocycles. The standard InChI is InChI=1S/C22H36N2O3/c1-4-22(3,27-5-2)21(25)23-19-11-13-20(14-12-19)26-18-10-17-24-15-8-6-7-9-16-24/h11-14H,4-10,15-18H2,1-3H3,(H,23,25)/t22-/m1/s1. The summed E-state index contributed by atoms with van der Waals surface area (Å²) in [4.78, 5) is 15.0. The van der Waals surface area contributed by atoms with Gasteiger partial charge in [-0.3, -0.25) is 4.79 Å². The normalized spacial score (nSPS) is 17.7. The molecule has 1 aromatic rings. The van der Waals surface area contributed by atoms with Gasteiger partial charge in [-0.05, 0) is 76.9 Å². The van der Waals surface area contributed by atoms with E-state index in [9.17, 15) is 4.79 Å². The van der Waals surface area contributed by atoms with Crippen LogP contribution in [0.3, 0.4) is 0 Å². The van der Waals surface area contributed by atoms with E-state index in [0.717, 1.165) is 31.0 Å². The summed E-state index contributed by atoms with van der Waals surface area (Å²) < 4.78 is 11.5. The van der Waals surface area contributed by atoms with Crippen LogP contribution >= 0.6 is 0 Å². The van der Waals surface area contributed by atoms with Gasteiger partial charge >= 0.3 is 0 Å². The Balaban J connectivity index is 1.73. The van der Waals surface area contributed by atoms with Gasteiger partial charge in [0.2, 0.25) is 0 Å². The Morgan fingerprint density at radius 2 is 1.78 bits per heavy atom. The van der Waals surface area contributed by atoms with Crippen LogP contribution in [0.15, 0.2) is 24.3 Å². The van der Waals surface area contributed by atoms with Crippen LogP contribution in [0.25, 0.3) is 0 Å². The highest BCUT2D eigenvalue weighted by Crippen LogP contribution is 2.21. The predicted molar refractivity (Wildman–Crippen MR) is 110 cm³/mol. The number of ether oxygens (including phenoxy) is 2. The van der Waals surface area contributed by atoms with Crippen molar-refractivity contribution in [1.29, 1.82) is 0 Å². The van der Waals surface area contributed by atoms with Crippen molar-refractivity contribution in [2.75, 3.05) is 38.2 Å². The van der Waals surface area contributed by atoms with E-state index >= 15 is 0 Å². The van der Waals surface area contributed by atoms with Crippen molar-refractivity contribution in [2.45, 2.75) is 64.9 Å². The summed E-state index contributed by atoms with van der Waals surface area (Å²) in [6.07, 6.45) is 7.07. The number of hydrogen-bond donors (Lipinski definition) is 1. The van der Waals surface area contributed by atoms with Crippen molar-refractivity contribution in [3.05, 3.63) is 24.3 Å². The fraction of sp³-hybridized carbons (Fsp3) is 0.682. The first-order valence-corrected chi connectivity index (χ1v) is 10.5. The largest absolute Gasteiger partial charge is 0.494 e. The first kappa shape index (κ1) is 21.7. The van der Waals surface area contributed by atoms with Crippen molar-refractivity contribution in [2.24, 2.45) is 0 Å². The van der Waals surface area contributed by atoms with Crippen molar-refractivity contribution >= 4 is 11.6 Å². The van der Waals surface area contributed by atoms with Crippen LogP contribution in [0.4, 0.5) is 5.69 Å². The van der Waals surface area contributed by atoms with Gasteiger partial charge in [0.15, 0.2) is 0 Å². The molecule has 1 aliphatic rings. The van der Waals surface area contributed by atoms with Crippen molar-refractivity contribution in [3.63, 3.8) is 0 Å². The summed E-state index contributed by atoms with van der Waals surface area (Å²) >= 11 is 0. The molecule has 0 spiro atoms. The Morgan fingerprint density at radius 3 is 2.37 bits per heavy atom. The third kappa shape index (κ3) is 7.15. The van der Waals surface area contributed by atoms with Gasteiger partial charge < -0.3 is 19.7 Å². The molecule has 1 atom stereocenters. The summed E-state index contributed by atoms with van der Waals surface area (Å²) in [6, 6.07) is 7.57. The molecule has 1 amide bonds. The topological polar surface area (TPSA) is 50.8 Å². The minimum atomic E-state index is -0.794. The molecule has 1 aliphatic heterocycles. The predicted octanol–water partition coefficient (Wildman–Crippen LogP) is 4.48. The number of amides is 1. The minimum Gasteiger partial charge on any atom is -0.494 e. The van der Waals surface area contributed by atoms with Gasteiger partial charge in [-0.25, -0.2) is 0 Å². The second kappa shape index (κ2) is 11.3. The lowest BCUT2D eigenvalue weighted by atomic mass is 10.0. The highest BCUT2D eigenvalue weighted by Gasteiger charge is 2.31. The molecular formula is C22H36N2O3. The zero-order valence-electron chi connectivity index (χ0n) is 17.3. The van der Waals surface area contributed by atoms with Gasteiger partial charge in [-0.1, -0.05) is 19.8 Å². The number of nitrogens with one attached hydrogen (secondary N) is 1. The first-order valence-electron chi connectivity index (χ1n) is 10.5. The fourth-order valence-corrected chi connectivity index (χ4v) is 3.38. The van der Waals surface area contributed by atoms with Crippen LogP contribution in [0.5, 0.6) is 5.75 Å². The maximum absolute atomic E-state index is 12.5. The Bertz CT molecular complexity index is 553. The lowest BCUT2D eigenvalue weighted by Crippen LogP contribution is -2.42. The van der Waals surface area contributed by atoms with Crippen molar-refractivity contribution < 1.29 is 14.3 Å². The van der Waals surface area contributed by atoms with Gasteiger partial charge in [0, 0.05) is 18.8 Å². The molecule has 0 radical (unpaired) electrons. The van der Waals surface area contributed by atoms with E-state index in [-0.39, 0.29) is 5.91 Å². The summed E-state index contributed by atoms with van der Waals surface area (Å²) in [5.74, 6) is 0.727. The van der Waals surface area contributed by atoms with Crippen LogP contribution in [-0.4, -0.2) is 49.3 Å². The third-order valence-electron chi connectivity index (χ3n) is 5.32. The molecule has 0 aliphatic carbocycles. The molecule has 0 saturated carbocycles. The molecule has 5 heteroatoms. The van der Waals surface area contributed by atoms with Crippen LogP contribution in [0, 0.1) is 0 Å². The third-order valence-corrected chi connectivity index (χ3v) is 5.32. The second-order valence-electron chi connectivity index (χ2n) is 7.45. The highest BCUT2D eigenvalue weighted by molar-refractivity contribution is 5.97. The molecule has 0 bridgehead atoms. The summed E-state index contributed by atoms with van der Waals surface area (Å²) in [5, 5.41) is 2.94. The quantitative estimate of drug-likeness (QED) is 0.612. The maximum Gasteiger partial charge on any atom is 0.256 e. The van der Waals surface area contributed by atoms with Gasteiger partial charge in [-0.15, -0.1) is 0 Å². The highest BCUT2D eigenvalue weighted by atomic mass is 16.5. The van der Waals surface area contributed by atoms with Crippen LogP contribution < -0.4 is 10.1 Å². The molecule has 1 heterocycles. The Hall–Kier alpha value is -1.59. The van der Waals surface area contributed by atoms with E-state index in [1.54, 1.807) is 0 Å². The van der Waals surface area contributed by atoms with Crippen LogP contribution in [0.1, 0.15) is 59.3 Å². The van der Waals surface area contributed by atoms with E-state index in [1.165, 1.54) is 38.8 Å². The Kier molecular flexibility index (Phi) is 9.08. The molecule has 2 rings (SSSR count). The average Bonchev–Trinajstić information content (AvgIpc) is 2.95. The maximum atomic E-state index is 12.5. The number of hydrogen-bond acceptors (Lipinski definition) is 4. The number of carbonyl (C=O) groups excluding carboxylic acids is 1. The van der Waals surface area contributed by atoms with E-state index in [2.05, 4.69) is 10.2 Å². The zero-order valence-corrected chi connectivity index (χ0v) is 17.3. The summed E-state index contributed by atoms with van der Waals surface area (Å²) in [7, 11) is 0. The molecule has 5 nitrogen and oxygen atoms in total. The number of rotatable bonds is 10. The number of likely N-dealkylation sites (tertiary alicyclic amines) is 1. The van der Waals surface area contributed by atoms with Crippen LogP contribution in [-0.2, 0) is 9.53 Å². The zero-order chi connectivity index (χ0) is 19.5. The lowest BCUT2D eigenvalue weighted by Gasteiger charge is -2.26. The van der Waals surface area contributed by atoms with Gasteiger partial charge in [0.1, 0.15) is 11.4 Å². The molecule has 27 heavy (non-hydrogen) atoms. The molecule has 152 valence electrons. The van der Waals surface area contributed by atoms with Crippen molar-refractivity contribution in [1.82, 2.24) is 4.90 Å². The number of carbonyl (C=O) groups is 1. The molecular weight excluding hydrogens is 340 g/mol. The second-order valence-corrected chi connectivity index (χ2v) is 7.45. The van der Waals surface area contributed by atoms with Crippen molar-refractivity contribution in [3.8, 4) is 5.75 Å². The monoisotopic (exact) mass is 376 g/mol. The number of anilines is 1. The number of benzene rings is 1. The van der Waals surface area contributed by atoms with E-state index in [4.69, 9.17) is 9.47 Å². The van der Waals surface area contributed by atoms with E-state index < -0.39 is 5.60 Å². The van der Waals surface area contributed by atoms with E-state index in [1.807, 2.05) is 45.0 Å². The summed E-state index contributed by atoms with van der Waals surface area (Å²) in [6.45, 7) is 10.5. The van der Waals surface area contributed by atoms with Gasteiger partial charge in [0.05, 0.1) is 6.61 Å². The first-order chi connectivity index (χ1) is 13.1. The minimum absolute atomic E-state index is 0.113. The SMILES string of the molecule is CCO[C@](C)(CC)C(=O)Nc1ccc(OCCCN2CCCCCC2)cc1. The molecule has 0 unspecified atom stereocenters. The Labute approximate surface area is 164 Å². The van der Waals surface area contributed by atoms with E-state index in [0.29, 0.717) is 13.0 Å². The molecule has 0 aromatic heterocycles. The molecule has 1 saturated heterocycles.